The standard InChI is InChI=1S/C17H31N3O4/c1-12(2)9-18-17(24)19-7-5-6-14(10-19)8-15(21)20(13(3)4)11-16(22)23/h12-14H,5-11H2,1-4H3,(H,18,24)(H,22,23). The van der Waals surface area contributed by atoms with Crippen molar-refractivity contribution < 1.29 is 19.5 Å². The molecule has 24 heavy (non-hydrogen) atoms. The summed E-state index contributed by atoms with van der Waals surface area (Å²) in [6, 6.07) is -0.227. The normalized spacial score (nSPS) is 17.9. The highest BCUT2D eigenvalue weighted by atomic mass is 16.4. The second-order valence-electron chi connectivity index (χ2n) is 7.25. The lowest BCUT2D eigenvalue weighted by Gasteiger charge is -2.34. The molecule has 1 heterocycles. The Labute approximate surface area is 144 Å². The van der Waals surface area contributed by atoms with E-state index in [-0.39, 0.29) is 30.4 Å². The Morgan fingerprint density at radius 3 is 2.46 bits per heavy atom. The molecule has 7 heteroatoms. The molecule has 0 bridgehead atoms. The Kier molecular flexibility index (Phi) is 8.01. The average Bonchev–Trinajstić information content (AvgIpc) is 2.49. The fraction of sp³-hybridized carbons (Fsp3) is 0.824. The van der Waals surface area contributed by atoms with E-state index in [2.05, 4.69) is 5.32 Å². The maximum atomic E-state index is 12.4. The van der Waals surface area contributed by atoms with E-state index in [1.165, 1.54) is 4.90 Å². The minimum atomic E-state index is -1.00. The van der Waals surface area contributed by atoms with Crippen LogP contribution in [0.5, 0.6) is 0 Å². The summed E-state index contributed by atoms with van der Waals surface area (Å²) in [6.07, 6.45) is 2.05. The van der Waals surface area contributed by atoms with Crippen molar-refractivity contribution in [3.8, 4) is 0 Å². The van der Waals surface area contributed by atoms with Gasteiger partial charge in [0.2, 0.25) is 5.91 Å². The maximum absolute atomic E-state index is 12.4. The van der Waals surface area contributed by atoms with Gasteiger partial charge < -0.3 is 20.2 Å². The fourth-order valence-corrected chi connectivity index (χ4v) is 2.89. The van der Waals surface area contributed by atoms with Gasteiger partial charge in [-0.2, -0.15) is 0 Å². The second-order valence-corrected chi connectivity index (χ2v) is 7.25. The molecule has 138 valence electrons. The molecule has 0 aromatic rings. The number of carbonyl (C=O) groups excluding carboxylic acids is 2. The van der Waals surface area contributed by atoms with Crippen LogP contribution < -0.4 is 5.32 Å². The highest BCUT2D eigenvalue weighted by molar-refractivity contribution is 5.82. The van der Waals surface area contributed by atoms with Crippen LogP contribution in [0.3, 0.4) is 0 Å². The lowest BCUT2D eigenvalue weighted by molar-refractivity contribution is -0.146. The molecule has 1 saturated heterocycles. The molecule has 2 N–H and O–H groups in total. The van der Waals surface area contributed by atoms with Crippen molar-refractivity contribution in [3.63, 3.8) is 0 Å². The van der Waals surface area contributed by atoms with Crippen molar-refractivity contribution in [2.24, 2.45) is 11.8 Å². The predicted molar refractivity (Wildman–Crippen MR) is 91.6 cm³/mol. The van der Waals surface area contributed by atoms with E-state index < -0.39 is 5.97 Å². The summed E-state index contributed by atoms with van der Waals surface area (Å²) in [4.78, 5) is 38.7. The molecule has 0 radical (unpaired) electrons. The van der Waals surface area contributed by atoms with Gasteiger partial charge in [0, 0.05) is 32.1 Å². The number of rotatable bonds is 7. The first-order valence-electron chi connectivity index (χ1n) is 8.74. The first-order valence-corrected chi connectivity index (χ1v) is 8.74. The number of aliphatic carboxylic acids is 1. The lowest BCUT2D eigenvalue weighted by Crippen LogP contribution is -2.48. The van der Waals surface area contributed by atoms with Crippen LogP contribution in [0, 0.1) is 11.8 Å². The number of nitrogens with zero attached hydrogens (tertiary/aromatic N) is 2. The Morgan fingerprint density at radius 1 is 1.25 bits per heavy atom. The van der Waals surface area contributed by atoms with Crippen LogP contribution in [0.4, 0.5) is 4.79 Å². The summed E-state index contributed by atoms with van der Waals surface area (Å²) in [5, 5.41) is 11.9. The van der Waals surface area contributed by atoms with E-state index in [1.54, 1.807) is 4.90 Å². The summed E-state index contributed by atoms with van der Waals surface area (Å²) in [6.45, 7) is 9.33. The highest BCUT2D eigenvalue weighted by Crippen LogP contribution is 2.21. The summed E-state index contributed by atoms with van der Waals surface area (Å²) in [5.41, 5.74) is 0. The summed E-state index contributed by atoms with van der Waals surface area (Å²) < 4.78 is 0. The van der Waals surface area contributed by atoms with Gasteiger partial charge in [0.05, 0.1) is 0 Å². The third-order valence-electron chi connectivity index (χ3n) is 4.18. The Morgan fingerprint density at radius 2 is 1.92 bits per heavy atom. The molecule has 0 spiro atoms. The zero-order chi connectivity index (χ0) is 18.3. The Bertz CT molecular complexity index is 451. The average molecular weight is 341 g/mol. The van der Waals surface area contributed by atoms with Crippen molar-refractivity contribution >= 4 is 17.9 Å². The summed E-state index contributed by atoms with van der Waals surface area (Å²) in [7, 11) is 0. The molecule has 1 fully saturated rings. The van der Waals surface area contributed by atoms with Crippen LogP contribution in [0.2, 0.25) is 0 Å². The number of piperidine rings is 1. The first-order chi connectivity index (χ1) is 11.2. The van der Waals surface area contributed by atoms with Crippen molar-refractivity contribution in [2.45, 2.75) is 53.0 Å². The molecule has 0 aromatic carbocycles. The van der Waals surface area contributed by atoms with Crippen LogP contribution in [-0.2, 0) is 9.59 Å². The van der Waals surface area contributed by atoms with Gasteiger partial charge in [0.15, 0.2) is 0 Å². The molecule has 3 amide bonds. The monoisotopic (exact) mass is 341 g/mol. The van der Waals surface area contributed by atoms with Gasteiger partial charge in [-0.15, -0.1) is 0 Å². The molecular formula is C17H31N3O4. The molecule has 1 atom stereocenters. The van der Waals surface area contributed by atoms with Crippen LogP contribution >= 0.6 is 0 Å². The molecule has 1 aliphatic heterocycles. The predicted octanol–water partition coefficient (Wildman–Crippen LogP) is 1.78. The number of carboxylic acids is 1. The van der Waals surface area contributed by atoms with Crippen molar-refractivity contribution in [1.29, 1.82) is 0 Å². The topological polar surface area (TPSA) is 90.0 Å². The molecule has 0 aliphatic carbocycles. The molecule has 0 aromatic heterocycles. The second kappa shape index (κ2) is 9.49. The largest absolute Gasteiger partial charge is 0.480 e. The molecule has 1 rings (SSSR count). The van der Waals surface area contributed by atoms with E-state index in [4.69, 9.17) is 5.11 Å². The van der Waals surface area contributed by atoms with Crippen LogP contribution in [0.15, 0.2) is 0 Å². The van der Waals surface area contributed by atoms with Crippen LogP contribution in [0.1, 0.15) is 47.0 Å². The maximum Gasteiger partial charge on any atom is 0.323 e. The van der Waals surface area contributed by atoms with Gasteiger partial charge in [0.1, 0.15) is 6.54 Å². The first kappa shape index (κ1) is 20.3. The SMILES string of the molecule is CC(C)CNC(=O)N1CCCC(CC(=O)N(CC(=O)O)C(C)C)C1. The van der Waals surface area contributed by atoms with Gasteiger partial charge >= 0.3 is 12.0 Å². The highest BCUT2D eigenvalue weighted by Gasteiger charge is 2.28. The number of nitrogens with one attached hydrogen (secondary N) is 1. The smallest absolute Gasteiger partial charge is 0.323 e. The quantitative estimate of drug-likeness (QED) is 0.738. The van der Waals surface area contributed by atoms with Gasteiger partial charge in [-0.05, 0) is 38.5 Å². The van der Waals surface area contributed by atoms with Crippen LogP contribution in [-0.4, -0.2) is 65.0 Å². The van der Waals surface area contributed by atoms with E-state index in [0.29, 0.717) is 32.0 Å². The van der Waals surface area contributed by atoms with Crippen molar-refractivity contribution in [1.82, 2.24) is 15.1 Å². The molecular weight excluding hydrogens is 310 g/mol. The van der Waals surface area contributed by atoms with Gasteiger partial charge in [-0.1, -0.05) is 13.8 Å². The van der Waals surface area contributed by atoms with Gasteiger partial charge in [0.25, 0.3) is 0 Å². The van der Waals surface area contributed by atoms with E-state index >= 15 is 0 Å². The van der Waals surface area contributed by atoms with E-state index in [9.17, 15) is 14.4 Å². The van der Waals surface area contributed by atoms with Crippen molar-refractivity contribution in [2.75, 3.05) is 26.2 Å². The Hall–Kier alpha value is -1.79. The fourth-order valence-electron chi connectivity index (χ4n) is 2.89. The number of hydrogen-bond donors (Lipinski definition) is 2. The minimum absolute atomic E-state index is 0.0768. The van der Waals surface area contributed by atoms with E-state index in [0.717, 1.165) is 12.8 Å². The molecule has 1 aliphatic rings. The van der Waals surface area contributed by atoms with Gasteiger partial charge in [-0.3, -0.25) is 9.59 Å². The molecule has 7 nitrogen and oxygen atoms in total. The number of carbonyl (C=O) groups is 3. The zero-order valence-corrected chi connectivity index (χ0v) is 15.2. The lowest BCUT2D eigenvalue weighted by atomic mass is 9.94. The van der Waals surface area contributed by atoms with Crippen molar-refractivity contribution in [3.05, 3.63) is 0 Å². The Balaban J connectivity index is 2.56. The summed E-state index contributed by atoms with van der Waals surface area (Å²) in [5.74, 6) is -0.671. The molecule has 0 saturated carbocycles. The number of amides is 3. The zero-order valence-electron chi connectivity index (χ0n) is 15.2. The number of hydrogen-bond acceptors (Lipinski definition) is 3. The third kappa shape index (κ3) is 6.76. The summed E-state index contributed by atoms with van der Waals surface area (Å²) >= 11 is 0. The number of carboxylic acid groups (broad SMARTS) is 1. The minimum Gasteiger partial charge on any atom is -0.480 e. The number of urea groups is 1. The van der Waals surface area contributed by atoms with Crippen LogP contribution in [0.25, 0.3) is 0 Å². The number of likely N-dealkylation sites (tertiary alicyclic amines) is 1. The van der Waals surface area contributed by atoms with E-state index in [1.807, 2.05) is 27.7 Å². The van der Waals surface area contributed by atoms with Gasteiger partial charge in [-0.25, -0.2) is 4.79 Å². The third-order valence-corrected chi connectivity index (χ3v) is 4.18. The molecule has 1 unspecified atom stereocenters.